The summed E-state index contributed by atoms with van der Waals surface area (Å²) >= 11 is 0. The zero-order chi connectivity index (χ0) is 17.2. The molecule has 130 valence electrons. The second-order valence-electron chi connectivity index (χ2n) is 5.80. The number of nitrogens with one attached hydrogen (secondary N) is 1. The van der Waals surface area contributed by atoms with Crippen molar-refractivity contribution < 1.29 is 31.3 Å². The summed E-state index contributed by atoms with van der Waals surface area (Å²) in [5.41, 5.74) is -1.56. The molecule has 22 heavy (non-hydrogen) atoms. The molecule has 0 aromatic carbocycles. The van der Waals surface area contributed by atoms with E-state index < -0.39 is 48.2 Å². The molecule has 3 N–H and O–H groups in total. The lowest BCUT2D eigenvalue weighted by Gasteiger charge is -2.29. The van der Waals surface area contributed by atoms with Gasteiger partial charge in [-0.15, -0.1) is 0 Å². The first-order chi connectivity index (χ1) is 9.89. The summed E-state index contributed by atoms with van der Waals surface area (Å²) in [6, 6.07) is 0. The highest BCUT2D eigenvalue weighted by atomic mass is 32.2. The maximum atomic E-state index is 11.9. The van der Waals surface area contributed by atoms with Crippen molar-refractivity contribution >= 4 is 25.9 Å². The Hall–Kier alpha value is -0.750. The van der Waals surface area contributed by atoms with Gasteiger partial charge in [0.2, 0.25) is 5.91 Å². The number of hydrogen-bond acceptors (Lipinski definition) is 7. The molecule has 1 fully saturated rings. The van der Waals surface area contributed by atoms with E-state index in [0.717, 1.165) is 0 Å². The summed E-state index contributed by atoms with van der Waals surface area (Å²) in [5.74, 6) is -1.77. The predicted octanol–water partition coefficient (Wildman–Crippen LogP) is -2.14. The molecule has 0 spiro atoms. The lowest BCUT2D eigenvalue weighted by molar-refractivity contribution is -0.122. The van der Waals surface area contributed by atoms with E-state index in [1.807, 2.05) is 0 Å². The Kier molecular flexibility index (Phi) is 5.95. The van der Waals surface area contributed by atoms with E-state index in [9.17, 15) is 26.2 Å². The van der Waals surface area contributed by atoms with Crippen molar-refractivity contribution in [2.24, 2.45) is 0 Å². The van der Waals surface area contributed by atoms with Gasteiger partial charge in [0.15, 0.2) is 9.84 Å². The van der Waals surface area contributed by atoms with Crippen LogP contribution in [0.1, 0.15) is 13.3 Å². The van der Waals surface area contributed by atoms with Crippen LogP contribution in [-0.2, 0) is 24.7 Å². The maximum absolute atomic E-state index is 11.9. The number of aliphatic hydroxyl groups is 1. The fourth-order valence-corrected chi connectivity index (χ4v) is 6.86. The molecule has 1 amide bonds. The van der Waals surface area contributed by atoms with Gasteiger partial charge in [0.1, 0.15) is 5.25 Å². The van der Waals surface area contributed by atoms with Crippen LogP contribution in [0.4, 0.5) is 0 Å². The van der Waals surface area contributed by atoms with Crippen LogP contribution >= 0.6 is 0 Å². The van der Waals surface area contributed by atoms with Crippen LogP contribution in [0, 0.1) is 0 Å². The van der Waals surface area contributed by atoms with Crippen LogP contribution in [0.15, 0.2) is 0 Å². The lowest BCUT2D eigenvalue weighted by atomic mass is 10.0. The third-order valence-electron chi connectivity index (χ3n) is 3.62. The Morgan fingerprint density at radius 2 is 2.00 bits per heavy atom. The van der Waals surface area contributed by atoms with Gasteiger partial charge in [0, 0.05) is 19.5 Å². The Morgan fingerprint density at radius 3 is 2.50 bits per heavy atom. The Morgan fingerprint density at radius 1 is 1.41 bits per heavy atom. The summed E-state index contributed by atoms with van der Waals surface area (Å²) in [4.78, 5) is 13.6. The molecule has 1 aliphatic rings. The molecule has 0 saturated carbocycles. The van der Waals surface area contributed by atoms with E-state index in [2.05, 4.69) is 5.32 Å². The van der Waals surface area contributed by atoms with Crippen LogP contribution in [0.3, 0.4) is 0 Å². The number of amides is 1. The van der Waals surface area contributed by atoms with E-state index in [4.69, 9.17) is 5.11 Å². The molecule has 1 aliphatic heterocycles. The monoisotopic (exact) mass is 358 g/mol. The van der Waals surface area contributed by atoms with Crippen molar-refractivity contribution in [1.29, 1.82) is 0 Å². The molecule has 0 aromatic rings. The molecule has 1 heterocycles. The largest absolute Gasteiger partial charge is 0.395 e. The summed E-state index contributed by atoms with van der Waals surface area (Å²) in [5, 5.41) is 9.59. The van der Waals surface area contributed by atoms with Gasteiger partial charge in [-0.3, -0.25) is 9.35 Å². The molecular formula is C11H22N2O7S2. The number of nitrogens with zero attached hydrogens (tertiary/aromatic N) is 1. The minimum Gasteiger partial charge on any atom is -0.395 e. The van der Waals surface area contributed by atoms with Gasteiger partial charge in [-0.25, -0.2) is 8.42 Å². The van der Waals surface area contributed by atoms with Gasteiger partial charge < -0.3 is 15.3 Å². The van der Waals surface area contributed by atoms with E-state index in [1.54, 1.807) is 11.9 Å². The first-order valence-corrected chi connectivity index (χ1v) is 9.99. The topological polar surface area (TPSA) is 141 Å². The van der Waals surface area contributed by atoms with Crippen LogP contribution in [0.25, 0.3) is 0 Å². The minimum atomic E-state index is -4.60. The van der Waals surface area contributed by atoms with Gasteiger partial charge in [-0.2, -0.15) is 8.42 Å². The predicted molar refractivity (Wildman–Crippen MR) is 79.7 cm³/mol. The van der Waals surface area contributed by atoms with E-state index in [-0.39, 0.29) is 13.0 Å². The van der Waals surface area contributed by atoms with E-state index in [0.29, 0.717) is 13.1 Å². The normalized spacial score (nSPS) is 28.0. The lowest BCUT2D eigenvalue weighted by Crippen LogP contribution is -2.56. The second kappa shape index (κ2) is 6.79. The third kappa shape index (κ3) is 5.16. The van der Waals surface area contributed by atoms with Gasteiger partial charge in [-0.05, 0) is 14.0 Å². The number of sulfone groups is 1. The molecule has 2 atom stereocenters. The number of rotatable bonds is 7. The van der Waals surface area contributed by atoms with Crippen LogP contribution < -0.4 is 5.32 Å². The number of carbonyl (C=O) groups excluding carboxylic acids is 1. The first-order valence-electron chi connectivity index (χ1n) is 6.67. The molecule has 1 rings (SSSR count). The smallest absolute Gasteiger partial charge is 0.271 e. The zero-order valence-electron chi connectivity index (χ0n) is 12.5. The molecule has 11 heteroatoms. The highest BCUT2D eigenvalue weighted by molar-refractivity contribution is 7.94. The standard InChI is InChI=1S/C11H22N2O7S2/c1-11(12-10(15)3-4-13(2)5-6-14)8-21(16,17)7-9(11)22(18,19)20/h9,14H,3-8H2,1-2H3,(H,12,15)(H,18,19,20)/t9-,11-/m1/s1. The molecular weight excluding hydrogens is 336 g/mol. The average molecular weight is 358 g/mol. The highest BCUT2D eigenvalue weighted by Crippen LogP contribution is 2.28. The van der Waals surface area contributed by atoms with Crippen molar-refractivity contribution in [1.82, 2.24) is 10.2 Å². The van der Waals surface area contributed by atoms with Crippen LogP contribution in [-0.4, -0.2) is 86.3 Å². The summed E-state index contributed by atoms with van der Waals surface area (Å²) in [7, 11) is -6.57. The quantitative estimate of drug-likeness (QED) is 0.438. The van der Waals surface area contributed by atoms with Gasteiger partial charge >= 0.3 is 0 Å². The van der Waals surface area contributed by atoms with Crippen molar-refractivity contribution in [3.05, 3.63) is 0 Å². The Bertz CT molecular complexity index is 616. The van der Waals surface area contributed by atoms with Crippen LogP contribution in [0.5, 0.6) is 0 Å². The minimum absolute atomic E-state index is 0.0182. The average Bonchev–Trinajstić information content (AvgIpc) is 2.56. The molecule has 0 bridgehead atoms. The molecule has 0 radical (unpaired) electrons. The Balaban J connectivity index is 2.78. The number of carbonyl (C=O) groups is 1. The van der Waals surface area contributed by atoms with Crippen molar-refractivity contribution in [2.75, 3.05) is 38.2 Å². The van der Waals surface area contributed by atoms with E-state index in [1.165, 1.54) is 6.92 Å². The molecule has 9 nitrogen and oxygen atoms in total. The van der Waals surface area contributed by atoms with Gasteiger partial charge in [-0.1, -0.05) is 0 Å². The third-order valence-corrected chi connectivity index (χ3v) is 7.12. The highest BCUT2D eigenvalue weighted by Gasteiger charge is 2.53. The van der Waals surface area contributed by atoms with Crippen molar-refractivity contribution in [3.63, 3.8) is 0 Å². The van der Waals surface area contributed by atoms with Crippen molar-refractivity contribution in [2.45, 2.75) is 24.1 Å². The Labute approximate surface area is 130 Å². The first kappa shape index (κ1) is 19.3. The fraction of sp³-hybridized carbons (Fsp3) is 0.909. The van der Waals surface area contributed by atoms with Gasteiger partial charge in [0.25, 0.3) is 10.1 Å². The molecule has 1 saturated heterocycles. The molecule has 0 aromatic heterocycles. The summed E-state index contributed by atoms with van der Waals surface area (Å²) in [6.07, 6.45) is 0.0182. The van der Waals surface area contributed by atoms with E-state index >= 15 is 0 Å². The zero-order valence-corrected chi connectivity index (χ0v) is 14.2. The number of aliphatic hydroxyl groups excluding tert-OH is 1. The number of hydrogen-bond donors (Lipinski definition) is 3. The van der Waals surface area contributed by atoms with Crippen LogP contribution in [0.2, 0.25) is 0 Å². The molecule has 0 unspecified atom stereocenters. The SMILES string of the molecule is CN(CCO)CCC(=O)N[C@]1(C)CS(=O)(=O)C[C@H]1S(=O)(=O)O. The number of likely N-dealkylation sites (N-methyl/N-ethyl adjacent to an activating group) is 1. The molecule has 0 aliphatic carbocycles. The summed E-state index contributed by atoms with van der Waals surface area (Å²) in [6.45, 7) is 1.95. The second-order valence-corrected chi connectivity index (χ2v) is 9.51. The summed E-state index contributed by atoms with van der Waals surface area (Å²) < 4.78 is 55.3. The fourth-order valence-electron chi connectivity index (χ4n) is 2.51. The van der Waals surface area contributed by atoms with Gasteiger partial charge in [0.05, 0.1) is 23.7 Å². The van der Waals surface area contributed by atoms with Crippen molar-refractivity contribution in [3.8, 4) is 0 Å². The maximum Gasteiger partial charge on any atom is 0.271 e.